The Morgan fingerprint density at radius 3 is 2.82 bits per heavy atom. The number of carbonyl (C=O) groups is 1. The summed E-state index contributed by atoms with van der Waals surface area (Å²) >= 11 is 5.84. The Hall–Kier alpha value is -1.88. The number of aryl methyl sites for hydroxylation is 1. The quantitative estimate of drug-likeness (QED) is 0.942. The minimum Gasteiger partial charge on any atom is -0.349 e. The first kappa shape index (κ1) is 15.0. The number of nitrogens with zero attached hydrogens (tertiary/aromatic N) is 3. The van der Waals surface area contributed by atoms with Gasteiger partial charge in [0.05, 0.1) is 13.0 Å². The van der Waals surface area contributed by atoms with Gasteiger partial charge in [-0.2, -0.15) is 0 Å². The average molecular weight is 319 g/mol. The molecule has 2 aromatic rings. The second kappa shape index (κ2) is 6.92. The van der Waals surface area contributed by atoms with E-state index in [1.807, 2.05) is 12.1 Å². The van der Waals surface area contributed by atoms with Gasteiger partial charge in [0.15, 0.2) is 5.82 Å². The summed E-state index contributed by atoms with van der Waals surface area (Å²) in [5.41, 5.74) is 0.946. The molecule has 3 rings (SSSR count). The molecule has 5 nitrogen and oxygen atoms in total. The zero-order chi connectivity index (χ0) is 15.4. The summed E-state index contributed by atoms with van der Waals surface area (Å²) in [6.45, 7) is 1.38. The number of carbonyl (C=O) groups excluding carboxylic acids is 1. The van der Waals surface area contributed by atoms with E-state index in [1.54, 1.807) is 12.1 Å². The lowest BCUT2D eigenvalue weighted by Crippen LogP contribution is -2.26. The zero-order valence-electron chi connectivity index (χ0n) is 12.4. The van der Waals surface area contributed by atoms with Crippen LogP contribution < -0.4 is 5.32 Å². The fraction of sp³-hybridized carbons (Fsp3) is 0.438. The molecular weight excluding hydrogens is 300 g/mol. The maximum atomic E-state index is 12.0. The van der Waals surface area contributed by atoms with Gasteiger partial charge >= 0.3 is 0 Å². The predicted octanol–water partition coefficient (Wildman–Crippen LogP) is 2.52. The van der Waals surface area contributed by atoms with Gasteiger partial charge in [-0.05, 0) is 30.5 Å². The number of nitrogens with one attached hydrogen (secondary N) is 1. The van der Waals surface area contributed by atoms with Crippen molar-refractivity contribution in [1.82, 2.24) is 20.1 Å². The van der Waals surface area contributed by atoms with Crippen molar-refractivity contribution >= 4 is 17.5 Å². The lowest BCUT2D eigenvalue weighted by molar-refractivity contribution is -0.120. The molecule has 0 aliphatic carbocycles. The minimum atomic E-state index is -0.0201. The highest BCUT2D eigenvalue weighted by Gasteiger charge is 2.15. The number of hydrogen-bond acceptors (Lipinski definition) is 3. The molecule has 0 radical (unpaired) electrons. The molecule has 22 heavy (non-hydrogen) atoms. The van der Waals surface area contributed by atoms with Crippen molar-refractivity contribution in [3.05, 3.63) is 46.5 Å². The van der Waals surface area contributed by atoms with Crippen molar-refractivity contribution in [2.45, 2.75) is 45.2 Å². The van der Waals surface area contributed by atoms with E-state index >= 15 is 0 Å². The number of rotatable bonds is 4. The molecule has 0 spiro atoms. The summed E-state index contributed by atoms with van der Waals surface area (Å²) in [7, 11) is 0. The van der Waals surface area contributed by atoms with Gasteiger partial charge in [-0.15, -0.1) is 10.2 Å². The largest absolute Gasteiger partial charge is 0.349 e. The van der Waals surface area contributed by atoms with Gasteiger partial charge in [0.1, 0.15) is 5.82 Å². The molecule has 0 atom stereocenters. The maximum Gasteiger partial charge on any atom is 0.224 e. The minimum absolute atomic E-state index is 0.0201. The smallest absolute Gasteiger partial charge is 0.224 e. The summed E-state index contributed by atoms with van der Waals surface area (Å²) in [6.07, 6.45) is 4.87. The zero-order valence-corrected chi connectivity index (χ0v) is 13.1. The van der Waals surface area contributed by atoms with E-state index in [2.05, 4.69) is 20.1 Å². The Kier molecular flexibility index (Phi) is 4.73. The van der Waals surface area contributed by atoms with Crippen LogP contribution in [-0.4, -0.2) is 20.7 Å². The summed E-state index contributed by atoms with van der Waals surface area (Å²) in [6, 6.07) is 7.32. The molecule has 0 bridgehead atoms. The Morgan fingerprint density at radius 1 is 1.18 bits per heavy atom. The third-order valence-electron chi connectivity index (χ3n) is 3.91. The van der Waals surface area contributed by atoms with Crippen molar-refractivity contribution < 1.29 is 4.79 Å². The molecule has 1 aliphatic rings. The van der Waals surface area contributed by atoms with E-state index in [9.17, 15) is 4.79 Å². The number of fused-ring (bicyclic) bond motifs is 1. The van der Waals surface area contributed by atoms with Gasteiger partial charge in [0.25, 0.3) is 0 Å². The van der Waals surface area contributed by atoms with E-state index in [0.29, 0.717) is 18.0 Å². The first-order valence-corrected chi connectivity index (χ1v) is 8.02. The second-order valence-corrected chi connectivity index (χ2v) is 6.01. The fourth-order valence-electron chi connectivity index (χ4n) is 2.70. The maximum absolute atomic E-state index is 12.0. The van der Waals surface area contributed by atoms with E-state index in [1.165, 1.54) is 12.8 Å². The van der Waals surface area contributed by atoms with Crippen LogP contribution >= 0.6 is 11.6 Å². The lowest BCUT2D eigenvalue weighted by atomic mass is 10.1. The standard InChI is InChI=1S/C16H19ClN4O/c17-13-7-5-12(6-8-13)10-16(22)18-11-15-20-19-14-4-2-1-3-9-21(14)15/h5-8H,1-4,9-11H2,(H,18,22). The van der Waals surface area contributed by atoms with Crippen LogP contribution in [0.1, 0.15) is 36.5 Å². The molecule has 1 aliphatic heterocycles. The molecule has 6 heteroatoms. The molecule has 1 aromatic heterocycles. The van der Waals surface area contributed by atoms with Crippen molar-refractivity contribution in [2.75, 3.05) is 0 Å². The van der Waals surface area contributed by atoms with Crippen molar-refractivity contribution in [1.29, 1.82) is 0 Å². The Labute approximate surface area is 134 Å². The average Bonchev–Trinajstić information content (AvgIpc) is 2.75. The third-order valence-corrected chi connectivity index (χ3v) is 4.16. The van der Waals surface area contributed by atoms with Gasteiger partial charge in [0, 0.05) is 18.0 Å². The highest BCUT2D eigenvalue weighted by molar-refractivity contribution is 6.30. The predicted molar refractivity (Wildman–Crippen MR) is 84.6 cm³/mol. The molecule has 116 valence electrons. The van der Waals surface area contributed by atoms with Crippen LogP contribution in [0.2, 0.25) is 5.02 Å². The number of halogens is 1. The molecule has 1 amide bonds. The van der Waals surface area contributed by atoms with Crippen LogP contribution in [-0.2, 0) is 30.7 Å². The second-order valence-electron chi connectivity index (χ2n) is 5.57. The molecule has 0 saturated carbocycles. The van der Waals surface area contributed by atoms with Crippen LogP contribution in [0, 0.1) is 0 Å². The monoisotopic (exact) mass is 318 g/mol. The Morgan fingerprint density at radius 2 is 2.00 bits per heavy atom. The van der Waals surface area contributed by atoms with Gasteiger partial charge < -0.3 is 9.88 Å². The molecule has 1 N–H and O–H groups in total. The lowest BCUT2D eigenvalue weighted by Gasteiger charge is -2.08. The van der Waals surface area contributed by atoms with Crippen molar-refractivity contribution in [3.63, 3.8) is 0 Å². The normalized spacial score (nSPS) is 14.2. The number of hydrogen-bond donors (Lipinski definition) is 1. The van der Waals surface area contributed by atoms with Crippen LogP contribution in [0.25, 0.3) is 0 Å². The third kappa shape index (κ3) is 3.65. The van der Waals surface area contributed by atoms with E-state index in [4.69, 9.17) is 11.6 Å². The fourth-order valence-corrected chi connectivity index (χ4v) is 2.83. The summed E-state index contributed by atoms with van der Waals surface area (Å²) in [5.74, 6) is 1.87. The summed E-state index contributed by atoms with van der Waals surface area (Å²) in [4.78, 5) is 12.0. The van der Waals surface area contributed by atoms with Crippen LogP contribution in [0.15, 0.2) is 24.3 Å². The van der Waals surface area contributed by atoms with E-state index < -0.39 is 0 Å². The van der Waals surface area contributed by atoms with Crippen molar-refractivity contribution in [3.8, 4) is 0 Å². The highest BCUT2D eigenvalue weighted by Crippen LogP contribution is 2.14. The SMILES string of the molecule is O=C(Cc1ccc(Cl)cc1)NCc1nnc2n1CCCCC2. The Bertz CT molecular complexity index is 651. The van der Waals surface area contributed by atoms with Gasteiger partial charge in [0.2, 0.25) is 5.91 Å². The summed E-state index contributed by atoms with van der Waals surface area (Å²) < 4.78 is 2.15. The molecule has 2 heterocycles. The molecular formula is C16H19ClN4O. The van der Waals surface area contributed by atoms with Crippen molar-refractivity contribution in [2.24, 2.45) is 0 Å². The van der Waals surface area contributed by atoms with Gasteiger partial charge in [-0.25, -0.2) is 0 Å². The van der Waals surface area contributed by atoms with Gasteiger partial charge in [-0.1, -0.05) is 30.2 Å². The number of benzene rings is 1. The first-order chi connectivity index (χ1) is 10.7. The topological polar surface area (TPSA) is 59.8 Å². The molecule has 0 unspecified atom stereocenters. The number of aromatic nitrogens is 3. The van der Waals surface area contributed by atoms with Gasteiger partial charge in [-0.3, -0.25) is 4.79 Å². The summed E-state index contributed by atoms with van der Waals surface area (Å²) in [5, 5.41) is 12.0. The van der Waals surface area contributed by atoms with Crippen LogP contribution in [0.3, 0.4) is 0 Å². The van der Waals surface area contributed by atoms with E-state index in [0.717, 1.165) is 36.6 Å². The molecule has 0 fully saturated rings. The van der Waals surface area contributed by atoms with Crippen LogP contribution in [0.5, 0.6) is 0 Å². The highest BCUT2D eigenvalue weighted by atomic mass is 35.5. The molecule has 0 saturated heterocycles. The Balaban J connectivity index is 1.57. The van der Waals surface area contributed by atoms with Crippen LogP contribution in [0.4, 0.5) is 0 Å². The first-order valence-electron chi connectivity index (χ1n) is 7.64. The molecule has 1 aromatic carbocycles. The van der Waals surface area contributed by atoms with E-state index in [-0.39, 0.29) is 5.91 Å². The number of amides is 1.